The highest BCUT2D eigenvalue weighted by molar-refractivity contribution is 5.79. The van der Waals surface area contributed by atoms with E-state index < -0.39 is 17.4 Å². The molecule has 1 aromatic rings. The Morgan fingerprint density at radius 2 is 2.32 bits per heavy atom. The lowest BCUT2D eigenvalue weighted by atomic mass is 10.2. The van der Waals surface area contributed by atoms with E-state index in [4.69, 9.17) is 10.00 Å². The summed E-state index contributed by atoms with van der Waals surface area (Å²) in [5, 5.41) is 21.2. The number of benzene rings is 1. The number of nitrogens with zero attached hydrogens (tertiary/aromatic N) is 2. The van der Waals surface area contributed by atoms with Gasteiger partial charge in [0.2, 0.25) is 0 Å². The maximum absolute atomic E-state index is 11.2. The summed E-state index contributed by atoms with van der Waals surface area (Å²) in [6.07, 6.45) is 0.506. The molecule has 0 atom stereocenters. The minimum atomic E-state index is -0.683. The van der Waals surface area contributed by atoms with Crippen molar-refractivity contribution in [3.8, 4) is 11.8 Å². The summed E-state index contributed by atoms with van der Waals surface area (Å²) in [5.74, 6) is -0.769. The maximum Gasteiger partial charge on any atom is 0.310 e. The van der Waals surface area contributed by atoms with E-state index in [2.05, 4.69) is 5.32 Å². The molecular weight excluding hydrogens is 254 g/mol. The van der Waals surface area contributed by atoms with E-state index in [0.717, 1.165) is 6.07 Å². The fourth-order valence-electron chi connectivity index (χ4n) is 1.20. The number of hydrogen-bond acceptors (Lipinski definition) is 6. The molecule has 1 rings (SSSR count). The molecule has 0 radical (unpaired) electrons. The predicted molar refractivity (Wildman–Crippen MR) is 62.6 cm³/mol. The monoisotopic (exact) mass is 263 g/mol. The average Bonchev–Trinajstić information content (AvgIpc) is 2.42. The van der Waals surface area contributed by atoms with Crippen molar-refractivity contribution in [2.75, 3.05) is 13.2 Å². The molecule has 8 heteroatoms. The van der Waals surface area contributed by atoms with E-state index in [1.54, 1.807) is 6.07 Å². The van der Waals surface area contributed by atoms with E-state index in [1.807, 2.05) is 0 Å². The third kappa shape index (κ3) is 4.08. The molecule has 1 aromatic carbocycles. The van der Waals surface area contributed by atoms with Gasteiger partial charge >= 0.3 is 5.69 Å². The van der Waals surface area contributed by atoms with Crippen LogP contribution in [0.3, 0.4) is 0 Å². The summed E-state index contributed by atoms with van der Waals surface area (Å²) in [6.45, 7) is -0.663. The van der Waals surface area contributed by atoms with Gasteiger partial charge in [-0.05, 0) is 12.1 Å². The van der Waals surface area contributed by atoms with Crippen LogP contribution in [0.2, 0.25) is 0 Å². The Labute approximate surface area is 107 Å². The molecule has 0 heterocycles. The molecule has 0 aliphatic rings. The van der Waals surface area contributed by atoms with Gasteiger partial charge in [0.15, 0.2) is 12.4 Å². The van der Waals surface area contributed by atoms with Gasteiger partial charge in [0.1, 0.15) is 12.8 Å². The number of nitrogens with one attached hydrogen (secondary N) is 1. The minimum absolute atomic E-state index is 0.179. The Balaban J connectivity index is 2.81. The molecule has 1 N–H and O–H groups in total. The normalized spacial score (nSPS) is 9.21. The van der Waals surface area contributed by atoms with Gasteiger partial charge in [-0.2, -0.15) is 5.26 Å². The number of nitriles is 1. The fourth-order valence-corrected chi connectivity index (χ4v) is 1.20. The number of aldehydes is 1. The number of carbonyl (C=O) groups is 2. The van der Waals surface area contributed by atoms with Gasteiger partial charge in [0.25, 0.3) is 5.91 Å². The van der Waals surface area contributed by atoms with Gasteiger partial charge in [-0.15, -0.1) is 0 Å². The Hall–Kier alpha value is -2.95. The van der Waals surface area contributed by atoms with Crippen LogP contribution in [0.1, 0.15) is 10.4 Å². The molecule has 0 fully saturated rings. The summed E-state index contributed by atoms with van der Waals surface area (Å²) < 4.78 is 4.98. The summed E-state index contributed by atoms with van der Waals surface area (Å²) in [5.41, 5.74) is -0.156. The van der Waals surface area contributed by atoms with Crippen LogP contribution in [0.25, 0.3) is 0 Å². The number of hydrogen-bond donors (Lipinski definition) is 1. The second kappa shape index (κ2) is 6.70. The first-order valence-electron chi connectivity index (χ1n) is 5.08. The highest BCUT2D eigenvalue weighted by Crippen LogP contribution is 2.27. The van der Waals surface area contributed by atoms with Crippen molar-refractivity contribution >= 4 is 17.9 Å². The third-order valence-corrected chi connectivity index (χ3v) is 2.04. The molecule has 0 aliphatic heterocycles. The number of ether oxygens (including phenoxy) is 1. The Bertz CT molecular complexity index is 550. The second-order valence-electron chi connectivity index (χ2n) is 3.33. The van der Waals surface area contributed by atoms with Crippen LogP contribution < -0.4 is 10.1 Å². The summed E-state index contributed by atoms with van der Waals surface area (Å²) in [4.78, 5) is 31.8. The van der Waals surface area contributed by atoms with Gasteiger partial charge in [0, 0.05) is 11.6 Å². The molecule has 0 saturated carbocycles. The summed E-state index contributed by atoms with van der Waals surface area (Å²) in [7, 11) is 0. The second-order valence-corrected chi connectivity index (χ2v) is 3.33. The zero-order valence-corrected chi connectivity index (χ0v) is 9.66. The molecule has 19 heavy (non-hydrogen) atoms. The predicted octanol–water partition coefficient (Wildman–Crippen LogP) is 0.426. The van der Waals surface area contributed by atoms with Crippen LogP contribution in [0.5, 0.6) is 5.75 Å². The van der Waals surface area contributed by atoms with Crippen LogP contribution >= 0.6 is 0 Å². The summed E-state index contributed by atoms with van der Waals surface area (Å²) in [6, 6.07) is 5.26. The van der Waals surface area contributed by atoms with Gasteiger partial charge < -0.3 is 10.1 Å². The molecule has 0 saturated heterocycles. The average molecular weight is 263 g/mol. The van der Waals surface area contributed by atoms with E-state index in [1.165, 1.54) is 12.1 Å². The summed E-state index contributed by atoms with van der Waals surface area (Å²) >= 11 is 0. The van der Waals surface area contributed by atoms with Crippen molar-refractivity contribution in [3.05, 3.63) is 33.9 Å². The highest BCUT2D eigenvalue weighted by Gasteiger charge is 2.16. The van der Waals surface area contributed by atoms with E-state index in [-0.39, 0.29) is 23.5 Å². The zero-order chi connectivity index (χ0) is 14.3. The van der Waals surface area contributed by atoms with Crippen molar-refractivity contribution in [1.29, 1.82) is 5.26 Å². The molecule has 1 amide bonds. The maximum atomic E-state index is 11.2. The third-order valence-electron chi connectivity index (χ3n) is 2.04. The van der Waals surface area contributed by atoms with Gasteiger partial charge in [-0.25, -0.2) is 0 Å². The quantitative estimate of drug-likeness (QED) is 0.343. The van der Waals surface area contributed by atoms with Crippen molar-refractivity contribution < 1.29 is 19.2 Å². The lowest BCUT2D eigenvalue weighted by molar-refractivity contribution is -0.385. The SMILES string of the molecule is N#CCNC(=O)COc1cc(C=O)ccc1[N+](=O)[O-]. The Morgan fingerprint density at radius 3 is 2.89 bits per heavy atom. The van der Waals surface area contributed by atoms with Crippen molar-refractivity contribution in [1.82, 2.24) is 5.32 Å². The molecular formula is C11H9N3O5. The first-order chi connectivity index (χ1) is 9.08. The number of nitro groups is 1. The molecule has 0 spiro atoms. The van der Waals surface area contributed by atoms with Crippen LogP contribution in [0.4, 0.5) is 5.69 Å². The smallest absolute Gasteiger partial charge is 0.310 e. The first-order valence-corrected chi connectivity index (χ1v) is 5.08. The van der Waals surface area contributed by atoms with Crippen LogP contribution in [-0.2, 0) is 4.79 Å². The molecule has 0 aliphatic carbocycles. The standard InChI is InChI=1S/C11H9N3O5/c12-3-4-13-11(16)7-19-10-5-8(6-15)1-2-9(10)14(17)18/h1-2,5-6H,4,7H2,(H,13,16). The first kappa shape index (κ1) is 14.1. The fraction of sp³-hybridized carbons (Fsp3) is 0.182. The number of carbonyl (C=O) groups excluding carboxylic acids is 2. The van der Waals surface area contributed by atoms with Crippen LogP contribution in [0, 0.1) is 21.4 Å². The van der Waals surface area contributed by atoms with Gasteiger partial charge in [-0.3, -0.25) is 19.7 Å². The topological polar surface area (TPSA) is 122 Å². The number of amides is 1. The highest BCUT2D eigenvalue weighted by atomic mass is 16.6. The molecule has 0 unspecified atom stereocenters. The Kier molecular flexibility index (Phi) is 4.98. The van der Waals surface area contributed by atoms with Crippen molar-refractivity contribution in [2.45, 2.75) is 0 Å². The Morgan fingerprint density at radius 1 is 1.58 bits per heavy atom. The lowest BCUT2D eigenvalue weighted by Gasteiger charge is -2.06. The van der Waals surface area contributed by atoms with Gasteiger partial charge in [0.05, 0.1) is 11.0 Å². The van der Waals surface area contributed by atoms with Crippen LogP contribution in [-0.4, -0.2) is 30.3 Å². The van der Waals surface area contributed by atoms with Crippen LogP contribution in [0.15, 0.2) is 18.2 Å². The number of nitro benzene ring substituents is 1. The largest absolute Gasteiger partial charge is 0.477 e. The van der Waals surface area contributed by atoms with Crippen molar-refractivity contribution in [2.24, 2.45) is 0 Å². The zero-order valence-electron chi connectivity index (χ0n) is 9.66. The van der Waals surface area contributed by atoms with Crippen molar-refractivity contribution in [3.63, 3.8) is 0 Å². The molecule has 0 bridgehead atoms. The molecule has 0 aromatic heterocycles. The minimum Gasteiger partial charge on any atom is -0.477 e. The number of rotatable bonds is 6. The van der Waals surface area contributed by atoms with E-state index in [0.29, 0.717) is 6.29 Å². The van der Waals surface area contributed by atoms with E-state index >= 15 is 0 Å². The van der Waals surface area contributed by atoms with Gasteiger partial charge in [-0.1, -0.05) is 0 Å². The molecule has 98 valence electrons. The van der Waals surface area contributed by atoms with E-state index in [9.17, 15) is 19.7 Å². The lowest BCUT2D eigenvalue weighted by Crippen LogP contribution is -2.29. The molecule has 8 nitrogen and oxygen atoms in total.